The lowest BCUT2D eigenvalue weighted by Gasteiger charge is -2.13. The minimum Gasteiger partial charge on any atom is -0.493 e. The van der Waals surface area contributed by atoms with Gasteiger partial charge in [-0.2, -0.15) is 4.98 Å². The zero-order chi connectivity index (χ0) is 20.2. The molecule has 4 rings (SSSR count). The van der Waals surface area contributed by atoms with Crippen molar-refractivity contribution in [3.63, 3.8) is 0 Å². The Morgan fingerprint density at radius 1 is 1.07 bits per heavy atom. The molecule has 1 heterocycles. The van der Waals surface area contributed by atoms with E-state index in [2.05, 4.69) is 15.5 Å². The first-order valence-corrected chi connectivity index (χ1v) is 9.66. The monoisotopic (exact) mass is 393 g/mol. The first-order valence-electron chi connectivity index (χ1n) is 9.66. The Kier molecular flexibility index (Phi) is 5.46. The van der Waals surface area contributed by atoms with Gasteiger partial charge in [-0.1, -0.05) is 30.1 Å². The summed E-state index contributed by atoms with van der Waals surface area (Å²) in [6.45, 7) is 0. The summed E-state index contributed by atoms with van der Waals surface area (Å²) in [4.78, 5) is 17.3. The van der Waals surface area contributed by atoms with Crippen LogP contribution >= 0.6 is 0 Å². The van der Waals surface area contributed by atoms with Gasteiger partial charge in [-0.05, 0) is 43.2 Å². The first kappa shape index (κ1) is 19.0. The molecule has 0 saturated heterocycles. The summed E-state index contributed by atoms with van der Waals surface area (Å²) in [6.07, 6.45) is 4.37. The molecule has 3 aromatic rings. The Morgan fingerprint density at radius 3 is 2.59 bits per heavy atom. The van der Waals surface area contributed by atoms with Crippen LogP contribution in [0.1, 0.15) is 36.0 Å². The fourth-order valence-electron chi connectivity index (χ4n) is 3.63. The van der Waals surface area contributed by atoms with Gasteiger partial charge in [0.15, 0.2) is 11.5 Å². The molecule has 1 amide bonds. The van der Waals surface area contributed by atoms with Gasteiger partial charge in [0.1, 0.15) is 0 Å². The molecule has 0 aliphatic heterocycles. The van der Waals surface area contributed by atoms with E-state index in [-0.39, 0.29) is 11.9 Å². The van der Waals surface area contributed by atoms with Gasteiger partial charge < -0.3 is 19.3 Å². The molecular weight excluding hydrogens is 370 g/mol. The molecule has 29 heavy (non-hydrogen) atoms. The average molecular weight is 393 g/mol. The molecule has 0 spiro atoms. The maximum Gasteiger partial charge on any atom is 0.259 e. The van der Waals surface area contributed by atoms with Crippen LogP contribution in [0.15, 0.2) is 47.0 Å². The Bertz CT molecular complexity index is 1010. The summed E-state index contributed by atoms with van der Waals surface area (Å²) in [6, 6.07) is 12.9. The van der Waals surface area contributed by atoms with Crippen LogP contribution in [0.4, 0.5) is 0 Å². The highest BCUT2D eigenvalue weighted by atomic mass is 16.5. The lowest BCUT2D eigenvalue weighted by Crippen LogP contribution is -2.32. The van der Waals surface area contributed by atoms with Crippen molar-refractivity contribution in [3.05, 3.63) is 48.0 Å². The zero-order valence-electron chi connectivity index (χ0n) is 16.5. The van der Waals surface area contributed by atoms with Gasteiger partial charge in [0, 0.05) is 11.6 Å². The van der Waals surface area contributed by atoms with E-state index in [1.54, 1.807) is 32.4 Å². The van der Waals surface area contributed by atoms with Crippen molar-refractivity contribution in [2.45, 2.75) is 31.7 Å². The fraction of sp³-hybridized carbons (Fsp3) is 0.318. The molecule has 2 aromatic carbocycles. The predicted octanol–water partition coefficient (Wildman–Crippen LogP) is 4.09. The number of hydrogen-bond acceptors (Lipinski definition) is 6. The van der Waals surface area contributed by atoms with Crippen molar-refractivity contribution < 1.29 is 18.8 Å². The topological polar surface area (TPSA) is 86.5 Å². The van der Waals surface area contributed by atoms with Crippen LogP contribution in [0.5, 0.6) is 11.5 Å². The highest BCUT2D eigenvalue weighted by Gasteiger charge is 2.22. The maximum absolute atomic E-state index is 12.8. The molecule has 1 N–H and O–H groups in total. The number of carbonyl (C=O) groups is 1. The van der Waals surface area contributed by atoms with Crippen LogP contribution in [0, 0.1) is 0 Å². The third kappa shape index (κ3) is 3.94. The number of nitrogens with one attached hydrogen (secondary N) is 1. The summed E-state index contributed by atoms with van der Waals surface area (Å²) >= 11 is 0. The maximum atomic E-state index is 12.8. The first-order chi connectivity index (χ1) is 14.2. The number of methoxy groups -OCH3 is 2. The number of rotatable bonds is 6. The van der Waals surface area contributed by atoms with E-state index in [9.17, 15) is 4.79 Å². The number of hydrogen-bond donors (Lipinski definition) is 1. The van der Waals surface area contributed by atoms with Crippen LogP contribution in [-0.4, -0.2) is 36.3 Å². The molecule has 1 fully saturated rings. The van der Waals surface area contributed by atoms with Gasteiger partial charge >= 0.3 is 0 Å². The summed E-state index contributed by atoms with van der Waals surface area (Å²) in [5, 5.41) is 7.20. The quantitative estimate of drug-likeness (QED) is 0.679. The van der Waals surface area contributed by atoms with E-state index in [0.29, 0.717) is 34.3 Å². The van der Waals surface area contributed by atoms with Crippen LogP contribution in [-0.2, 0) is 0 Å². The van der Waals surface area contributed by atoms with Crippen molar-refractivity contribution in [1.29, 1.82) is 0 Å². The molecule has 0 atom stereocenters. The van der Waals surface area contributed by atoms with E-state index >= 15 is 0 Å². The van der Waals surface area contributed by atoms with Crippen LogP contribution in [0.2, 0.25) is 0 Å². The number of amides is 1. The predicted molar refractivity (Wildman–Crippen MR) is 108 cm³/mol. The number of benzene rings is 2. The van der Waals surface area contributed by atoms with Crippen LogP contribution < -0.4 is 14.8 Å². The third-order valence-electron chi connectivity index (χ3n) is 5.16. The van der Waals surface area contributed by atoms with Gasteiger partial charge in [-0.25, -0.2) is 0 Å². The van der Waals surface area contributed by atoms with Gasteiger partial charge in [0.05, 0.1) is 25.3 Å². The average Bonchev–Trinajstić information content (AvgIpc) is 3.45. The third-order valence-corrected chi connectivity index (χ3v) is 5.16. The molecule has 0 bridgehead atoms. The van der Waals surface area contributed by atoms with Crippen molar-refractivity contribution >= 4 is 5.91 Å². The summed E-state index contributed by atoms with van der Waals surface area (Å²) in [7, 11) is 3.15. The lowest BCUT2D eigenvalue weighted by atomic mass is 10.1. The number of aromatic nitrogens is 2. The molecule has 7 nitrogen and oxygen atoms in total. The molecule has 0 unspecified atom stereocenters. The molecule has 1 saturated carbocycles. The van der Waals surface area contributed by atoms with E-state index in [0.717, 1.165) is 31.2 Å². The molecule has 0 radical (unpaired) electrons. The van der Waals surface area contributed by atoms with Crippen LogP contribution in [0.25, 0.3) is 22.8 Å². The Morgan fingerprint density at radius 2 is 1.83 bits per heavy atom. The molecule has 7 heteroatoms. The SMILES string of the molecule is COc1ccc(-c2noc(-c3ccccc3C(=O)NC3CCCC3)n2)cc1OC. The Balaban J connectivity index is 1.62. The van der Waals surface area contributed by atoms with Gasteiger partial charge in [-0.15, -0.1) is 0 Å². The van der Waals surface area contributed by atoms with Gasteiger partial charge in [0.2, 0.25) is 5.82 Å². The lowest BCUT2D eigenvalue weighted by molar-refractivity contribution is 0.0938. The van der Waals surface area contributed by atoms with E-state index in [1.165, 1.54) is 0 Å². The molecule has 1 aliphatic carbocycles. The Labute approximate surface area is 169 Å². The summed E-state index contributed by atoms with van der Waals surface area (Å²) < 4.78 is 16.1. The van der Waals surface area contributed by atoms with Crippen LogP contribution in [0.3, 0.4) is 0 Å². The zero-order valence-corrected chi connectivity index (χ0v) is 16.5. The van der Waals surface area contributed by atoms with E-state index in [4.69, 9.17) is 14.0 Å². The fourth-order valence-corrected chi connectivity index (χ4v) is 3.63. The number of ether oxygens (including phenoxy) is 2. The highest BCUT2D eigenvalue weighted by Crippen LogP contribution is 2.32. The van der Waals surface area contributed by atoms with Crippen molar-refractivity contribution in [1.82, 2.24) is 15.5 Å². The number of nitrogens with zero attached hydrogens (tertiary/aromatic N) is 2. The number of carbonyl (C=O) groups excluding carboxylic acids is 1. The summed E-state index contributed by atoms with van der Waals surface area (Å²) in [5.74, 6) is 1.79. The largest absolute Gasteiger partial charge is 0.493 e. The Hall–Kier alpha value is -3.35. The molecule has 1 aromatic heterocycles. The molecule has 1 aliphatic rings. The van der Waals surface area contributed by atoms with E-state index < -0.39 is 0 Å². The second-order valence-corrected chi connectivity index (χ2v) is 6.99. The standard InChI is InChI=1S/C22H23N3O4/c1-27-18-12-11-14(13-19(18)28-2)20-24-22(29-25-20)17-10-6-5-9-16(17)21(26)23-15-7-3-4-8-15/h5-6,9-13,15H,3-4,7-8H2,1-2H3,(H,23,26). The second kappa shape index (κ2) is 8.34. The molecular formula is C22H23N3O4. The second-order valence-electron chi connectivity index (χ2n) is 6.99. The minimum atomic E-state index is -0.113. The normalized spacial score (nSPS) is 14.0. The van der Waals surface area contributed by atoms with Crippen molar-refractivity contribution in [2.24, 2.45) is 0 Å². The van der Waals surface area contributed by atoms with Gasteiger partial charge in [-0.3, -0.25) is 4.79 Å². The highest BCUT2D eigenvalue weighted by molar-refractivity contribution is 6.00. The van der Waals surface area contributed by atoms with E-state index in [1.807, 2.05) is 24.3 Å². The summed E-state index contributed by atoms with van der Waals surface area (Å²) in [5.41, 5.74) is 1.87. The smallest absolute Gasteiger partial charge is 0.259 e. The van der Waals surface area contributed by atoms with Crippen molar-refractivity contribution in [3.8, 4) is 34.3 Å². The minimum absolute atomic E-state index is 0.113. The van der Waals surface area contributed by atoms with Gasteiger partial charge in [0.25, 0.3) is 11.8 Å². The molecule has 150 valence electrons. The van der Waals surface area contributed by atoms with Crippen molar-refractivity contribution in [2.75, 3.05) is 14.2 Å².